The molecule has 0 aliphatic heterocycles. The van der Waals surface area contributed by atoms with Gasteiger partial charge in [0.1, 0.15) is 5.75 Å². The number of hydrogen-bond donors (Lipinski definition) is 1. The molecule has 0 amide bonds. The number of hydrogen-bond acceptors (Lipinski definition) is 5. The first-order chi connectivity index (χ1) is 13.4. The second kappa shape index (κ2) is 8.27. The number of aromatic amines is 1. The molecular weight excluding hydrogens is 380 g/mol. The molecule has 3 rings (SSSR count). The van der Waals surface area contributed by atoms with Crippen LogP contribution < -0.4 is 10.3 Å². The molecule has 0 fully saturated rings. The lowest BCUT2D eigenvalue weighted by Crippen LogP contribution is -2.11. The highest BCUT2D eigenvalue weighted by Gasteiger charge is 2.11. The molecule has 28 heavy (non-hydrogen) atoms. The predicted molar refractivity (Wildman–Crippen MR) is 110 cm³/mol. The maximum absolute atomic E-state index is 12.3. The van der Waals surface area contributed by atoms with Crippen molar-refractivity contribution in [2.45, 2.75) is 20.0 Å². The number of esters is 1. The fraction of sp³-hybridized carbons (Fsp3) is 0.190. The van der Waals surface area contributed by atoms with Crippen LogP contribution in [-0.2, 0) is 4.74 Å². The van der Waals surface area contributed by atoms with Crippen molar-refractivity contribution in [1.82, 2.24) is 9.97 Å². The van der Waals surface area contributed by atoms with Gasteiger partial charge in [0.05, 0.1) is 34.7 Å². The molecule has 0 saturated heterocycles. The first-order valence-electron chi connectivity index (χ1n) is 8.64. The fourth-order valence-corrected chi connectivity index (χ4v) is 2.84. The van der Waals surface area contributed by atoms with Crippen molar-refractivity contribution in [1.29, 1.82) is 0 Å². The van der Waals surface area contributed by atoms with E-state index in [0.29, 0.717) is 16.5 Å². The third kappa shape index (κ3) is 4.40. The summed E-state index contributed by atoms with van der Waals surface area (Å²) < 4.78 is 10.3. The minimum Gasteiger partial charge on any atom is -0.491 e. The summed E-state index contributed by atoms with van der Waals surface area (Å²) in [5, 5.41) is 0.621. The van der Waals surface area contributed by atoms with Crippen LogP contribution in [0.25, 0.3) is 22.0 Å². The zero-order valence-electron chi connectivity index (χ0n) is 15.7. The number of nitrogens with one attached hydrogen (secondary N) is 1. The van der Waals surface area contributed by atoms with Gasteiger partial charge < -0.3 is 14.5 Å². The Balaban J connectivity index is 1.96. The van der Waals surface area contributed by atoms with E-state index >= 15 is 0 Å². The van der Waals surface area contributed by atoms with Gasteiger partial charge in [-0.05, 0) is 55.8 Å². The summed E-state index contributed by atoms with van der Waals surface area (Å²) in [6, 6.07) is 11.9. The highest BCUT2D eigenvalue weighted by molar-refractivity contribution is 6.50. The Morgan fingerprint density at radius 1 is 1.18 bits per heavy atom. The molecule has 2 aromatic carbocycles. The third-order valence-electron chi connectivity index (χ3n) is 3.90. The molecule has 0 unspecified atom stereocenters. The molecule has 7 heteroatoms. The zero-order valence-corrected chi connectivity index (χ0v) is 16.4. The van der Waals surface area contributed by atoms with Crippen LogP contribution in [0, 0.1) is 0 Å². The maximum Gasteiger partial charge on any atom is 0.337 e. The topological polar surface area (TPSA) is 81.3 Å². The van der Waals surface area contributed by atoms with E-state index in [1.165, 1.54) is 25.3 Å². The van der Waals surface area contributed by atoms with Gasteiger partial charge in [-0.2, -0.15) is 0 Å². The summed E-state index contributed by atoms with van der Waals surface area (Å²) in [5.74, 6) is 0.468. The second-order valence-corrected chi connectivity index (χ2v) is 6.77. The van der Waals surface area contributed by atoms with E-state index in [2.05, 4.69) is 9.97 Å². The summed E-state index contributed by atoms with van der Waals surface area (Å²) in [6.45, 7) is 3.91. The smallest absolute Gasteiger partial charge is 0.337 e. The van der Waals surface area contributed by atoms with E-state index in [0.717, 1.165) is 11.3 Å². The van der Waals surface area contributed by atoms with Crippen LogP contribution in [0.1, 0.15) is 35.6 Å². The number of methoxy groups -OCH3 is 1. The lowest BCUT2D eigenvalue weighted by molar-refractivity contribution is 0.0601. The first-order valence-corrected chi connectivity index (χ1v) is 9.02. The minimum absolute atomic E-state index is 0.0896. The van der Waals surface area contributed by atoms with Gasteiger partial charge in [0.25, 0.3) is 5.56 Å². The molecule has 144 valence electrons. The summed E-state index contributed by atoms with van der Waals surface area (Å²) in [7, 11) is 1.29. The van der Waals surface area contributed by atoms with Crippen LogP contribution in [0.15, 0.2) is 47.3 Å². The Bertz CT molecular complexity index is 1100. The van der Waals surface area contributed by atoms with Crippen molar-refractivity contribution in [2.24, 2.45) is 0 Å². The van der Waals surface area contributed by atoms with Gasteiger partial charge in [0.2, 0.25) is 0 Å². The monoisotopic (exact) mass is 398 g/mol. The van der Waals surface area contributed by atoms with Crippen molar-refractivity contribution in [3.05, 3.63) is 69.8 Å². The lowest BCUT2D eigenvalue weighted by Gasteiger charge is -2.09. The van der Waals surface area contributed by atoms with Gasteiger partial charge in [-0.25, -0.2) is 9.78 Å². The molecule has 1 aromatic heterocycles. The number of fused-ring (bicyclic) bond motifs is 1. The van der Waals surface area contributed by atoms with E-state index < -0.39 is 5.97 Å². The standard InChI is InChI=1S/C21H19ClN2O4/c1-12(2)28-15-7-4-13(5-8-15)10-17(22)19-23-18-11-14(21(26)27-3)6-9-16(18)20(25)24-19/h4-12H,1-3H3,(H,23,24,25). The van der Waals surface area contributed by atoms with Crippen LogP contribution in [-0.4, -0.2) is 29.2 Å². The highest BCUT2D eigenvalue weighted by Crippen LogP contribution is 2.22. The van der Waals surface area contributed by atoms with E-state index in [4.69, 9.17) is 21.1 Å². The van der Waals surface area contributed by atoms with E-state index in [-0.39, 0.29) is 22.5 Å². The molecule has 6 nitrogen and oxygen atoms in total. The summed E-state index contributed by atoms with van der Waals surface area (Å²) in [6.07, 6.45) is 1.78. The molecule has 1 heterocycles. The molecule has 0 atom stereocenters. The number of aromatic nitrogens is 2. The van der Waals surface area contributed by atoms with Crippen molar-refractivity contribution >= 4 is 39.6 Å². The van der Waals surface area contributed by atoms with E-state index in [1.54, 1.807) is 6.08 Å². The number of benzene rings is 2. The lowest BCUT2D eigenvalue weighted by atomic mass is 10.1. The van der Waals surface area contributed by atoms with Crippen LogP contribution >= 0.6 is 11.6 Å². The van der Waals surface area contributed by atoms with Gasteiger partial charge in [-0.15, -0.1) is 0 Å². The Morgan fingerprint density at radius 3 is 2.54 bits per heavy atom. The summed E-state index contributed by atoms with van der Waals surface area (Å²) >= 11 is 6.37. The quantitative estimate of drug-likeness (QED) is 0.650. The Morgan fingerprint density at radius 2 is 1.89 bits per heavy atom. The molecular formula is C21H19ClN2O4. The van der Waals surface area contributed by atoms with Crippen molar-refractivity contribution in [3.63, 3.8) is 0 Å². The summed E-state index contributed by atoms with van der Waals surface area (Å²) in [4.78, 5) is 31.1. The number of rotatable bonds is 5. The average molecular weight is 399 g/mol. The van der Waals surface area contributed by atoms with Crippen LogP contribution in [0.4, 0.5) is 0 Å². The maximum atomic E-state index is 12.3. The van der Waals surface area contributed by atoms with Gasteiger partial charge in [-0.1, -0.05) is 23.7 Å². The van der Waals surface area contributed by atoms with Crippen molar-refractivity contribution in [3.8, 4) is 5.75 Å². The minimum atomic E-state index is -0.504. The Kier molecular flexibility index (Phi) is 5.80. The first kappa shape index (κ1) is 19.6. The third-order valence-corrected chi connectivity index (χ3v) is 4.19. The Hall–Kier alpha value is -3.12. The molecule has 0 bridgehead atoms. The number of halogens is 1. The summed E-state index contributed by atoms with van der Waals surface area (Å²) in [5.41, 5.74) is 1.14. The molecule has 3 aromatic rings. The number of carbonyl (C=O) groups excluding carboxylic acids is 1. The number of ether oxygens (including phenoxy) is 2. The number of H-pyrrole nitrogens is 1. The van der Waals surface area contributed by atoms with Gasteiger partial charge in [0.15, 0.2) is 5.82 Å². The van der Waals surface area contributed by atoms with Crippen LogP contribution in [0.2, 0.25) is 0 Å². The van der Waals surface area contributed by atoms with Crippen LogP contribution in [0.3, 0.4) is 0 Å². The van der Waals surface area contributed by atoms with Gasteiger partial charge in [-0.3, -0.25) is 4.79 Å². The average Bonchev–Trinajstić information content (AvgIpc) is 2.67. The zero-order chi connectivity index (χ0) is 20.3. The molecule has 0 radical (unpaired) electrons. The normalized spacial score (nSPS) is 11.7. The largest absolute Gasteiger partial charge is 0.491 e. The SMILES string of the molecule is COC(=O)c1ccc2c(=O)[nH]c(C(Cl)=Cc3ccc(OC(C)C)cc3)nc2c1. The number of carbonyl (C=O) groups is 1. The van der Waals surface area contributed by atoms with Crippen LogP contribution in [0.5, 0.6) is 5.75 Å². The molecule has 0 aliphatic rings. The van der Waals surface area contributed by atoms with Gasteiger partial charge in [0, 0.05) is 0 Å². The highest BCUT2D eigenvalue weighted by atomic mass is 35.5. The van der Waals surface area contributed by atoms with E-state index in [9.17, 15) is 9.59 Å². The van der Waals surface area contributed by atoms with Crippen molar-refractivity contribution in [2.75, 3.05) is 7.11 Å². The number of nitrogens with zero attached hydrogens (tertiary/aromatic N) is 1. The van der Waals surface area contributed by atoms with Gasteiger partial charge >= 0.3 is 5.97 Å². The molecule has 0 aliphatic carbocycles. The molecule has 1 N–H and O–H groups in total. The predicted octanol–water partition coefficient (Wildman–Crippen LogP) is 4.23. The van der Waals surface area contributed by atoms with E-state index in [1.807, 2.05) is 38.1 Å². The molecule has 0 saturated carbocycles. The molecule has 0 spiro atoms. The fourth-order valence-electron chi connectivity index (χ4n) is 2.63. The Labute approximate surface area is 166 Å². The van der Waals surface area contributed by atoms with Crippen molar-refractivity contribution < 1.29 is 14.3 Å². The second-order valence-electron chi connectivity index (χ2n) is 6.37.